The molecule has 1 aromatic heterocycles. The van der Waals surface area contributed by atoms with Crippen LogP contribution < -0.4 is 5.32 Å². The van der Waals surface area contributed by atoms with Crippen LogP contribution in [0.4, 0.5) is 0 Å². The van der Waals surface area contributed by atoms with Gasteiger partial charge in [0.2, 0.25) is 5.91 Å². The largest absolute Gasteiger partial charge is 0.354 e. The van der Waals surface area contributed by atoms with E-state index >= 15 is 0 Å². The lowest BCUT2D eigenvalue weighted by molar-refractivity contribution is -0.120. The number of amides is 1. The summed E-state index contributed by atoms with van der Waals surface area (Å²) in [5.74, 6) is -0.150. The SMILES string of the molecule is O=C(NCCc1ccc(Br)s1)C(Cl)c1ccccc1. The third-order valence-corrected chi connectivity index (χ3v) is 4.76. The Bertz CT molecular complexity index is 543. The number of carbonyl (C=O) groups excluding carboxylic acids is 1. The summed E-state index contributed by atoms with van der Waals surface area (Å²) in [6.45, 7) is 0.599. The lowest BCUT2D eigenvalue weighted by atomic mass is 10.1. The summed E-state index contributed by atoms with van der Waals surface area (Å²) in [5.41, 5.74) is 0.820. The Morgan fingerprint density at radius 1 is 1.26 bits per heavy atom. The lowest BCUT2D eigenvalue weighted by Crippen LogP contribution is -2.28. The first kappa shape index (κ1) is 14.6. The molecule has 2 nitrogen and oxygen atoms in total. The van der Waals surface area contributed by atoms with Crippen LogP contribution in [0.25, 0.3) is 0 Å². The van der Waals surface area contributed by atoms with Crippen molar-refractivity contribution in [3.8, 4) is 0 Å². The van der Waals surface area contributed by atoms with Crippen molar-refractivity contribution in [2.24, 2.45) is 0 Å². The number of rotatable bonds is 5. The van der Waals surface area contributed by atoms with Crippen molar-refractivity contribution in [2.45, 2.75) is 11.8 Å². The number of halogens is 2. The van der Waals surface area contributed by atoms with Crippen LogP contribution in [0, 0.1) is 0 Å². The van der Waals surface area contributed by atoms with Crippen LogP contribution in [-0.2, 0) is 11.2 Å². The molecule has 1 amide bonds. The molecule has 0 aliphatic heterocycles. The molecule has 1 atom stereocenters. The first-order valence-electron chi connectivity index (χ1n) is 5.88. The van der Waals surface area contributed by atoms with Crippen LogP contribution in [0.3, 0.4) is 0 Å². The highest BCUT2D eigenvalue weighted by atomic mass is 79.9. The van der Waals surface area contributed by atoms with Crippen molar-refractivity contribution < 1.29 is 4.79 Å². The molecule has 1 heterocycles. The van der Waals surface area contributed by atoms with Crippen molar-refractivity contribution in [3.63, 3.8) is 0 Å². The summed E-state index contributed by atoms with van der Waals surface area (Å²) in [4.78, 5) is 13.1. The van der Waals surface area contributed by atoms with E-state index in [4.69, 9.17) is 11.6 Å². The molecule has 19 heavy (non-hydrogen) atoms. The molecule has 100 valence electrons. The molecule has 1 unspecified atom stereocenters. The van der Waals surface area contributed by atoms with Crippen LogP contribution in [0.2, 0.25) is 0 Å². The fourth-order valence-corrected chi connectivity index (χ4v) is 3.36. The third kappa shape index (κ3) is 4.34. The summed E-state index contributed by atoms with van der Waals surface area (Å²) < 4.78 is 1.10. The first-order chi connectivity index (χ1) is 9.16. The van der Waals surface area contributed by atoms with E-state index in [0.717, 1.165) is 15.8 Å². The number of hydrogen-bond donors (Lipinski definition) is 1. The highest BCUT2D eigenvalue weighted by Crippen LogP contribution is 2.22. The zero-order chi connectivity index (χ0) is 13.7. The molecular weight excluding hydrogens is 346 g/mol. The topological polar surface area (TPSA) is 29.1 Å². The summed E-state index contributed by atoms with van der Waals surface area (Å²) in [5, 5.41) is 2.23. The van der Waals surface area contributed by atoms with E-state index in [0.29, 0.717) is 6.54 Å². The number of alkyl halides is 1. The molecule has 2 aromatic rings. The molecule has 2 rings (SSSR count). The van der Waals surface area contributed by atoms with Crippen LogP contribution in [0.5, 0.6) is 0 Å². The highest BCUT2D eigenvalue weighted by molar-refractivity contribution is 9.11. The molecule has 0 saturated heterocycles. The second kappa shape index (κ2) is 7.08. The molecule has 0 saturated carbocycles. The van der Waals surface area contributed by atoms with E-state index in [9.17, 15) is 4.79 Å². The van der Waals surface area contributed by atoms with Gasteiger partial charge in [-0.05, 0) is 40.0 Å². The van der Waals surface area contributed by atoms with Crippen molar-refractivity contribution in [1.82, 2.24) is 5.32 Å². The molecule has 0 aliphatic rings. The maximum atomic E-state index is 11.9. The summed E-state index contributed by atoms with van der Waals surface area (Å²) in [7, 11) is 0. The average molecular weight is 359 g/mol. The van der Waals surface area contributed by atoms with Crippen molar-refractivity contribution in [3.05, 3.63) is 56.7 Å². The molecule has 5 heteroatoms. The standard InChI is InChI=1S/C14H13BrClNOS/c15-12-7-6-11(19-12)8-9-17-14(18)13(16)10-4-2-1-3-5-10/h1-7,13H,8-9H2,(H,17,18). The fourth-order valence-electron chi connectivity index (χ4n) is 1.66. The first-order valence-corrected chi connectivity index (χ1v) is 7.92. The molecule has 0 radical (unpaired) electrons. The van der Waals surface area contributed by atoms with Gasteiger partial charge in [0.15, 0.2) is 0 Å². The minimum Gasteiger partial charge on any atom is -0.354 e. The van der Waals surface area contributed by atoms with Gasteiger partial charge in [-0.3, -0.25) is 4.79 Å². The number of carbonyl (C=O) groups is 1. The Morgan fingerprint density at radius 2 is 2.00 bits per heavy atom. The van der Waals surface area contributed by atoms with E-state index in [1.165, 1.54) is 4.88 Å². The van der Waals surface area contributed by atoms with Gasteiger partial charge in [-0.15, -0.1) is 22.9 Å². The van der Waals surface area contributed by atoms with Gasteiger partial charge < -0.3 is 5.32 Å². The zero-order valence-electron chi connectivity index (χ0n) is 10.1. The number of nitrogens with one attached hydrogen (secondary N) is 1. The van der Waals surface area contributed by atoms with E-state index < -0.39 is 5.38 Å². The van der Waals surface area contributed by atoms with Gasteiger partial charge in [0.05, 0.1) is 3.79 Å². The quantitative estimate of drug-likeness (QED) is 0.799. The van der Waals surface area contributed by atoms with Crippen molar-refractivity contribution in [2.75, 3.05) is 6.54 Å². The van der Waals surface area contributed by atoms with Crippen LogP contribution in [0.1, 0.15) is 15.8 Å². The number of thiophene rings is 1. The van der Waals surface area contributed by atoms with Gasteiger partial charge in [-0.1, -0.05) is 30.3 Å². The van der Waals surface area contributed by atoms with Crippen LogP contribution in [-0.4, -0.2) is 12.5 Å². The Morgan fingerprint density at radius 3 is 2.63 bits per heavy atom. The lowest BCUT2D eigenvalue weighted by Gasteiger charge is -2.10. The molecule has 0 bridgehead atoms. The van der Waals surface area contributed by atoms with Crippen LogP contribution >= 0.6 is 38.9 Å². The van der Waals surface area contributed by atoms with E-state index in [2.05, 4.69) is 27.3 Å². The van der Waals surface area contributed by atoms with E-state index in [-0.39, 0.29) is 5.91 Å². The maximum Gasteiger partial charge on any atom is 0.242 e. The zero-order valence-corrected chi connectivity index (χ0v) is 13.3. The second-order valence-corrected chi connectivity index (χ2v) is 7.00. The van der Waals surface area contributed by atoms with Gasteiger partial charge in [0, 0.05) is 11.4 Å². The minimum absolute atomic E-state index is 0.150. The second-order valence-electron chi connectivity index (χ2n) is 4.02. The number of benzene rings is 1. The Hall–Kier alpha value is -0.840. The molecule has 1 aromatic carbocycles. The van der Waals surface area contributed by atoms with Gasteiger partial charge in [0.1, 0.15) is 5.38 Å². The smallest absolute Gasteiger partial charge is 0.242 e. The molecule has 0 aliphatic carbocycles. The normalized spacial score (nSPS) is 12.1. The van der Waals surface area contributed by atoms with Gasteiger partial charge in [-0.25, -0.2) is 0 Å². The van der Waals surface area contributed by atoms with Gasteiger partial charge >= 0.3 is 0 Å². The van der Waals surface area contributed by atoms with Crippen molar-refractivity contribution in [1.29, 1.82) is 0 Å². The van der Waals surface area contributed by atoms with Crippen LogP contribution in [0.15, 0.2) is 46.3 Å². The monoisotopic (exact) mass is 357 g/mol. The predicted octanol–water partition coefficient (Wildman–Crippen LogP) is 4.15. The minimum atomic E-state index is -0.628. The Balaban J connectivity index is 1.81. The van der Waals surface area contributed by atoms with E-state index in [1.54, 1.807) is 11.3 Å². The fraction of sp³-hybridized carbons (Fsp3) is 0.214. The summed E-state index contributed by atoms with van der Waals surface area (Å²) >= 11 is 11.2. The summed E-state index contributed by atoms with van der Waals surface area (Å²) in [6, 6.07) is 13.4. The Labute approximate surface area is 129 Å². The highest BCUT2D eigenvalue weighted by Gasteiger charge is 2.16. The molecule has 0 fully saturated rings. The maximum absolute atomic E-state index is 11.9. The Kier molecular flexibility index (Phi) is 5.43. The molecule has 0 spiro atoms. The third-order valence-electron chi connectivity index (χ3n) is 2.62. The van der Waals surface area contributed by atoms with Gasteiger partial charge in [-0.2, -0.15) is 0 Å². The molecular formula is C14H13BrClNOS. The number of hydrogen-bond acceptors (Lipinski definition) is 2. The predicted molar refractivity (Wildman–Crippen MR) is 83.8 cm³/mol. The van der Waals surface area contributed by atoms with Crippen molar-refractivity contribution >= 4 is 44.8 Å². The van der Waals surface area contributed by atoms with Gasteiger partial charge in [0.25, 0.3) is 0 Å². The summed E-state index contributed by atoms with van der Waals surface area (Å²) in [6.07, 6.45) is 0.820. The molecule has 1 N–H and O–H groups in total. The van der Waals surface area contributed by atoms with E-state index in [1.807, 2.05) is 36.4 Å². The average Bonchev–Trinajstić information content (AvgIpc) is 2.84.